The molecule has 1 aromatic rings. The maximum atomic E-state index is 13.1. The maximum Gasteiger partial charge on any atom is 0.433 e. The van der Waals surface area contributed by atoms with Gasteiger partial charge in [0.25, 0.3) is 0 Å². The predicted octanol–water partition coefficient (Wildman–Crippen LogP) is 2.33. The Hall–Kier alpha value is -0.570. The molecule has 1 fully saturated rings. The number of halogens is 4. The molecule has 1 aliphatic rings. The molecule has 0 radical (unpaired) electrons. The Balaban J connectivity index is 2.55. The van der Waals surface area contributed by atoms with Crippen molar-refractivity contribution in [3.8, 4) is 0 Å². The quantitative estimate of drug-likeness (QED) is 0.760. The van der Waals surface area contributed by atoms with Crippen molar-refractivity contribution in [2.75, 3.05) is 11.5 Å². The number of hydrogen-bond donors (Lipinski definition) is 0. The normalized spacial score (nSPS) is 26.8. The standard InChI is InChI=1S/C10H12BrF3N2O2S/c1-9(2-3-19(17,18)6-9)16-8(10(12,13)14)7(4-11)5-15-16/h5H,2-4,6H2,1H3. The van der Waals surface area contributed by atoms with E-state index >= 15 is 0 Å². The number of nitrogens with zero attached hydrogens (tertiary/aromatic N) is 2. The zero-order valence-electron chi connectivity index (χ0n) is 10.0. The minimum Gasteiger partial charge on any atom is -0.253 e. The highest BCUT2D eigenvalue weighted by atomic mass is 79.9. The molecule has 1 saturated heterocycles. The molecule has 0 spiro atoms. The second kappa shape index (κ2) is 4.47. The van der Waals surface area contributed by atoms with Crippen LogP contribution in [0, 0.1) is 0 Å². The van der Waals surface area contributed by atoms with E-state index in [2.05, 4.69) is 21.0 Å². The van der Waals surface area contributed by atoms with Crippen LogP contribution in [0.4, 0.5) is 13.2 Å². The monoisotopic (exact) mass is 360 g/mol. The molecular weight excluding hydrogens is 349 g/mol. The van der Waals surface area contributed by atoms with Crippen molar-refractivity contribution in [1.82, 2.24) is 9.78 Å². The molecule has 0 amide bonds. The van der Waals surface area contributed by atoms with E-state index in [-0.39, 0.29) is 28.8 Å². The van der Waals surface area contributed by atoms with Crippen LogP contribution in [0.5, 0.6) is 0 Å². The molecule has 0 bridgehead atoms. The van der Waals surface area contributed by atoms with Crippen molar-refractivity contribution in [3.63, 3.8) is 0 Å². The summed E-state index contributed by atoms with van der Waals surface area (Å²) < 4.78 is 63.2. The van der Waals surface area contributed by atoms with Crippen LogP contribution in [0.2, 0.25) is 0 Å². The Labute approximate surface area is 117 Å². The van der Waals surface area contributed by atoms with E-state index in [0.29, 0.717) is 0 Å². The molecule has 9 heteroatoms. The Kier molecular flexibility index (Phi) is 3.49. The Morgan fingerprint density at radius 2 is 2.16 bits per heavy atom. The van der Waals surface area contributed by atoms with Crippen LogP contribution in [-0.2, 0) is 26.9 Å². The molecule has 2 rings (SSSR count). The second-order valence-electron chi connectivity index (χ2n) is 4.90. The minimum atomic E-state index is -4.56. The summed E-state index contributed by atoms with van der Waals surface area (Å²) >= 11 is 2.99. The van der Waals surface area contributed by atoms with Gasteiger partial charge in [-0.05, 0) is 13.3 Å². The average molecular weight is 361 g/mol. The molecule has 0 saturated carbocycles. The van der Waals surface area contributed by atoms with Crippen molar-refractivity contribution in [2.24, 2.45) is 0 Å². The van der Waals surface area contributed by atoms with Gasteiger partial charge in [-0.25, -0.2) is 8.42 Å². The highest BCUT2D eigenvalue weighted by Gasteiger charge is 2.47. The fourth-order valence-corrected chi connectivity index (χ4v) is 4.87. The molecule has 19 heavy (non-hydrogen) atoms. The van der Waals surface area contributed by atoms with Crippen LogP contribution in [0.15, 0.2) is 6.20 Å². The lowest BCUT2D eigenvalue weighted by atomic mass is 10.0. The summed E-state index contributed by atoms with van der Waals surface area (Å²) in [5.41, 5.74) is -1.99. The zero-order valence-corrected chi connectivity index (χ0v) is 12.4. The third-order valence-corrected chi connectivity index (χ3v) is 5.74. The van der Waals surface area contributed by atoms with Crippen LogP contribution in [0.3, 0.4) is 0 Å². The van der Waals surface area contributed by atoms with Gasteiger partial charge < -0.3 is 0 Å². The van der Waals surface area contributed by atoms with E-state index < -0.39 is 27.2 Å². The van der Waals surface area contributed by atoms with Gasteiger partial charge in [0, 0.05) is 10.9 Å². The minimum absolute atomic E-state index is 0.0121. The first-order valence-corrected chi connectivity index (χ1v) is 8.44. The first kappa shape index (κ1) is 14.8. The van der Waals surface area contributed by atoms with Gasteiger partial charge in [-0.3, -0.25) is 4.68 Å². The molecule has 1 atom stereocenters. The van der Waals surface area contributed by atoms with Gasteiger partial charge in [0.15, 0.2) is 9.84 Å². The molecule has 2 heterocycles. The average Bonchev–Trinajstić information content (AvgIpc) is 2.79. The van der Waals surface area contributed by atoms with E-state index in [0.717, 1.165) is 10.9 Å². The van der Waals surface area contributed by atoms with Crippen molar-refractivity contribution in [2.45, 2.75) is 30.4 Å². The second-order valence-corrected chi connectivity index (χ2v) is 7.65. The number of sulfone groups is 1. The molecular formula is C10H12BrF3N2O2S. The Morgan fingerprint density at radius 1 is 1.53 bits per heavy atom. The summed E-state index contributed by atoms with van der Waals surface area (Å²) in [5.74, 6) is -0.420. The largest absolute Gasteiger partial charge is 0.433 e. The lowest BCUT2D eigenvalue weighted by Crippen LogP contribution is -2.36. The summed E-state index contributed by atoms with van der Waals surface area (Å²) in [6, 6.07) is 0. The highest BCUT2D eigenvalue weighted by Crippen LogP contribution is 2.39. The number of rotatable bonds is 2. The van der Waals surface area contributed by atoms with Crippen molar-refractivity contribution >= 4 is 25.8 Å². The molecule has 0 N–H and O–H groups in total. The summed E-state index contributed by atoms with van der Waals surface area (Å²) in [6.07, 6.45) is -3.29. The smallest absolute Gasteiger partial charge is 0.253 e. The van der Waals surface area contributed by atoms with E-state index in [4.69, 9.17) is 0 Å². The fourth-order valence-electron chi connectivity index (χ4n) is 2.35. The molecule has 0 aliphatic carbocycles. The number of hydrogen-bond acceptors (Lipinski definition) is 3. The molecule has 1 aromatic heterocycles. The third-order valence-electron chi connectivity index (χ3n) is 3.25. The molecule has 0 aromatic carbocycles. The summed E-state index contributed by atoms with van der Waals surface area (Å²) in [7, 11) is -3.30. The fraction of sp³-hybridized carbons (Fsp3) is 0.700. The molecule has 1 aliphatic heterocycles. The van der Waals surface area contributed by atoms with Crippen LogP contribution in [0.1, 0.15) is 24.6 Å². The van der Waals surface area contributed by atoms with Crippen LogP contribution in [0.25, 0.3) is 0 Å². The first-order valence-electron chi connectivity index (χ1n) is 5.50. The maximum absolute atomic E-state index is 13.1. The molecule has 1 unspecified atom stereocenters. The summed E-state index contributed by atoms with van der Waals surface area (Å²) in [6.45, 7) is 1.50. The highest BCUT2D eigenvalue weighted by molar-refractivity contribution is 9.08. The molecule has 108 valence electrons. The van der Waals surface area contributed by atoms with Gasteiger partial charge >= 0.3 is 6.18 Å². The van der Waals surface area contributed by atoms with E-state index in [1.165, 1.54) is 6.92 Å². The van der Waals surface area contributed by atoms with Crippen LogP contribution in [-0.4, -0.2) is 29.7 Å². The van der Waals surface area contributed by atoms with Gasteiger partial charge in [-0.15, -0.1) is 0 Å². The van der Waals surface area contributed by atoms with Crippen molar-refractivity contribution in [1.29, 1.82) is 0 Å². The lowest BCUT2D eigenvalue weighted by Gasteiger charge is -2.26. The summed E-state index contributed by atoms with van der Waals surface area (Å²) in [4.78, 5) is 0. The molecule has 4 nitrogen and oxygen atoms in total. The third kappa shape index (κ3) is 2.67. The summed E-state index contributed by atoms with van der Waals surface area (Å²) in [5, 5.41) is 3.79. The lowest BCUT2D eigenvalue weighted by molar-refractivity contribution is -0.146. The first-order chi connectivity index (χ1) is 8.59. The SMILES string of the molecule is CC1(n2ncc(CBr)c2C(F)(F)F)CCS(=O)(=O)C1. The Morgan fingerprint density at radius 3 is 2.58 bits per heavy atom. The number of alkyl halides is 4. The predicted molar refractivity (Wildman–Crippen MR) is 66.8 cm³/mol. The van der Waals surface area contributed by atoms with Crippen molar-refractivity contribution in [3.05, 3.63) is 17.5 Å². The van der Waals surface area contributed by atoms with E-state index in [1.54, 1.807) is 0 Å². The van der Waals surface area contributed by atoms with Gasteiger partial charge in [0.2, 0.25) is 0 Å². The van der Waals surface area contributed by atoms with Crippen LogP contribution < -0.4 is 0 Å². The van der Waals surface area contributed by atoms with Gasteiger partial charge in [-0.1, -0.05) is 15.9 Å². The van der Waals surface area contributed by atoms with E-state index in [1.807, 2.05) is 0 Å². The number of aromatic nitrogens is 2. The topological polar surface area (TPSA) is 52.0 Å². The van der Waals surface area contributed by atoms with Gasteiger partial charge in [0.05, 0.1) is 23.2 Å². The Bertz CT molecular complexity index is 596. The van der Waals surface area contributed by atoms with Gasteiger partial charge in [-0.2, -0.15) is 18.3 Å². The van der Waals surface area contributed by atoms with Crippen LogP contribution >= 0.6 is 15.9 Å². The van der Waals surface area contributed by atoms with E-state index in [9.17, 15) is 21.6 Å². The zero-order chi connectivity index (χ0) is 14.5. The van der Waals surface area contributed by atoms with Crippen molar-refractivity contribution < 1.29 is 21.6 Å². The van der Waals surface area contributed by atoms with Gasteiger partial charge in [0.1, 0.15) is 5.69 Å².